The zero-order valence-electron chi connectivity index (χ0n) is 11.1. The number of halogens is 2. The number of thioether (sulfide) groups is 1. The van der Waals surface area contributed by atoms with Crippen LogP contribution >= 0.6 is 11.8 Å². The van der Waals surface area contributed by atoms with E-state index in [1.165, 1.54) is 17.8 Å². The van der Waals surface area contributed by atoms with Crippen LogP contribution in [-0.4, -0.2) is 23.6 Å². The lowest BCUT2D eigenvalue weighted by Gasteiger charge is -2.12. The number of hydrogen-bond donors (Lipinski definition) is 2. The van der Waals surface area contributed by atoms with E-state index >= 15 is 0 Å². The lowest BCUT2D eigenvalue weighted by molar-refractivity contribution is 0.126. The summed E-state index contributed by atoms with van der Waals surface area (Å²) >= 11 is 1.23. The van der Waals surface area contributed by atoms with Crippen LogP contribution in [0.5, 0.6) is 5.75 Å². The van der Waals surface area contributed by atoms with Gasteiger partial charge >= 0.3 is 0 Å². The molecule has 2 aromatic carbocycles. The molecule has 1 unspecified atom stereocenters. The summed E-state index contributed by atoms with van der Waals surface area (Å²) in [5.74, 6) is -0.893. The van der Waals surface area contributed by atoms with E-state index < -0.39 is 17.7 Å². The van der Waals surface area contributed by atoms with E-state index in [0.29, 0.717) is 22.1 Å². The summed E-state index contributed by atoms with van der Waals surface area (Å²) < 4.78 is 31.2. The SMILES string of the molecule is Nc1cccc(OCC(O)CSc2ccc(F)c(F)c2)c1. The molecule has 112 valence electrons. The number of rotatable bonds is 6. The predicted molar refractivity (Wildman–Crippen MR) is 79.4 cm³/mol. The maximum absolute atomic E-state index is 13.0. The van der Waals surface area contributed by atoms with Crippen molar-refractivity contribution in [2.24, 2.45) is 0 Å². The Morgan fingerprint density at radius 1 is 1.14 bits per heavy atom. The van der Waals surface area contributed by atoms with Crippen LogP contribution in [0.25, 0.3) is 0 Å². The molecule has 0 radical (unpaired) electrons. The van der Waals surface area contributed by atoms with E-state index in [2.05, 4.69) is 0 Å². The molecule has 3 nitrogen and oxygen atoms in total. The van der Waals surface area contributed by atoms with Crippen LogP contribution in [-0.2, 0) is 0 Å². The molecule has 0 aromatic heterocycles. The van der Waals surface area contributed by atoms with Crippen molar-refractivity contribution < 1.29 is 18.6 Å². The number of benzene rings is 2. The van der Waals surface area contributed by atoms with E-state index in [4.69, 9.17) is 10.5 Å². The summed E-state index contributed by atoms with van der Waals surface area (Å²) in [6, 6.07) is 10.5. The van der Waals surface area contributed by atoms with E-state index in [1.807, 2.05) is 0 Å². The average molecular weight is 311 g/mol. The summed E-state index contributed by atoms with van der Waals surface area (Å²) in [4.78, 5) is 0.553. The Labute approximate surface area is 125 Å². The fourth-order valence-corrected chi connectivity index (χ4v) is 2.44. The number of ether oxygens (including phenoxy) is 1. The molecule has 0 heterocycles. The summed E-state index contributed by atoms with van der Waals surface area (Å²) in [5.41, 5.74) is 6.19. The molecule has 2 rings (SSSR count). The van der Waals surface area contributed by atoms with Crippen LogP contribution in [0.1, 0.15) is 0 Å². The van der Waals surface area contributed by atoms with Crippen molar-refractivity contribution in [3.8, 4) is 5.75 Å². The third kappa shape index (κ3) is 4.91. The van der Waals surface area contributed by atoms with Gasteiger partial charge in [0.2, 0.25) is 0 Å². The second-order valence-corrected chi connectivity index (χ2v) is 5.52. The third-order valence-corrected chi connectivity index (χ3v) is 3.77. The highest BCUT2D eigenvalue weighted by molar-refractivity contribution is 7.99. The zero-order valence-corrected chi connectivity index (χ0v) is 11.9. The first-order chi connectivity index (χ1) is 10.0. The van der Waals surface area contributed by atoms with Gasteiger partial charge in [-0.1, -0.05) is 6.07 Å². The van der Waals surface area contributed by atoms with E-state index in [1.54, 1.807) is 24.3 Å². The number of aliphatic hydroxyl groups is 1. The molecule has 0 saturated heterocycles. The highest BCUT2D eigenvalue weighted by atomic mass is 32.2. The van der Waals surface area contributed by atoms with Crippen molar-refractivity contribution >= 4 is 17.4 Å². The van der Waals surface area contributed by atoms with Crippen LogP contribution < -0.4 is 10.5 Å². The smallest absolute Gasteiger partial charge is 0.159 e. The second-order valence-electron chi connectivity index (χ2n) is 4.42. The highest BCUT2D eigenvalue weighted by Gasteiger charge is 2.08. The largest absolute Gasteiger partial charge is 0.491 e. The average Bonchev–Trinajstić information content (AvgIpc) is 2.46. The van der Waals surface area contributed by atoms with Gasteiger partial charge in [0.05, 0.1) is 6.10 Å². The predicted octanol–water partition coefficient (Wildman–Crippen LogP) is 3.08. The van der Waals surface area contributed by atoms with Gasteiger partial charge in [-0.2, -0.15) is 0 Å². The lowest BCUT2D eigenvalue weighted by atomic mass is 10.3. The topological polar surface area (TPSA) is 55.5 Å². The van der Waals surface area contributed by atoms with Crippen LogP contribution in [0.3, 0.4) is 0 Å². The van der Waals surface area contributed by atoms with Gasteiger partial charge < -0.3 is 15.6 Å². The van der Waals surface area contributed by atoms with Gasteiger partial charge in [-0.25, -0.2) is 8.78 Å². The number of nitrogen functional groups attached to an aromatic ring is 1. The minimum Gasteiger partial charge on any atom is -0.491 e. The minimum absolute atomic E-state index is 0.0974. The highest BCUT2D eigenvalue weighted by Crippen LogP contribution is 2.21. The molecule has 21 heavy (non-hydrogen) atoms. The van der Waals surface area contributed by atoms with Gasteiger partial charge in [0.15, 0.2) is 11.6 Å². The summed E-state index contributed by atoms with van der Waals surface area (Å²) in [7, 11) is 0. The maximum Gasteiger partial charge on any atom is 0.159 e. The van der Waals surface area contributed by atoms with Crippen molar-refractivity contribution in [3.63, 3.8) is 0 Å². The molecule has 0 aliphatic carbocycles. The molecule has 2 aromatic rings. The number of anilines is 1. The normalized spacial score (nSPS) is 12.1. The summed E-state index contributed by atoms with van der Waals surface area (Å²) in [6.07, 6.45) is -0.732. The van der Waals surface area contributed by atoms with Crippen molar-refractivity contribution in [2.75, 3.05) is 18.1 Å². The fourth-order valence-electron chi connectivity index (χ4n) is 1.60. The van der Waals surface area contributed by atoms with Gasteiger partial charge in [0, 0.05) is 22.4 Å². The van der Waals surface area contributed by atoms with Crippen LogP contribution in [0, 0.1) is 11.6 Å². The molecule has 6 heteroatoms. The van der Waals surface area contributed by atoms with Crippen LogP contribution in [0.4, 0.5) is 14.5 Å². The standard InChI is InChI=1S/C15H15F2NO2S/c16-14-5-4-13(7-15(14)17)21-9-11(19)8-20-12-3-1-2-10(18)6-12/h1-7,11,19H,8-9,18H2. The molecule has 0 spiro atoms. The first-order valence-electron chi connectivity index (χ1n) is 6.29. The molecule has 0 amide bonds. The first-order valence-corrected chi connectivity index (χ1v) is 7.27. The zero-order chi connectivity index (χ0) is 15.2. The van der Waals surface area contributed by atoms with Gasteiger partial charge in [-0.15, -0.1) is 11.8 Å². The van der Waals surface area contributed by atoms with Crippen molar-refractivity contribution in [3.05, 3.63) is 54.1 Å². The Kier molecular flexibility index (Phi) is 5.41. The molecular formula is C15H15F2NO2S. The Balaban J connectivity index is 1.79. The van der Waals surface area contributed by atoms with Crippen molar-refractivity contribution in [1.82, 2.24) is 0 Å². The first kappa shape index (κ1) is 15.6. The maximum atomic E-state index is 13.0. The van der Waals surface area contributed by atoms with E-state index in [0.717, 1.165) is 12.1 Å². The Morgan fingerprint density at radius 2 is 1.95 bits per heavy atom. The quantitative estimate of drug-likeness (QED) is 0.636. The third-order valence-electron chi connectivity index (χ3n) is 2.63. The number of aliphatic hydroxyl groups excluding tert-OH is 1. The Bertz CT molecular complexity index is 610. The van der Waals surface area contributed by atoms with Gasteiger partial charge in [-0.3, -0.25) is 0 Å². The molecule has 3 N–H and O–H groups in total. The Hall–Kier alpha value is -1.79. The minimum atomic E-state index is -0.898. The molecule has 0 fully saturated rings. The molecule has 0 bridgehead atoms. The van der Waals surface area contributed by atoms with Crippen LogP contribution in [0.2, 0.25) is 0 Å². The summed E-state index contributed by atoms with van der Waals surface area (Å²) in [5, 5.41) is 9.82. The molecule has 0 saturated carbocycles. The molecular weight excluding hydrogens is 296 g/mol. The molecule has 0 aliphatic heterocycles. The lowest BCUT2D eigenvalue weighted by Crippen LogP contribution is -2.20. The Morgan fingerprint density at radius 3 is 2.67 bits per heavy atom. The van der Waals surface area contributed by atoms with Gasteiger partial charge in [0.25, 0.3) is 0 Å². The van der Waals surface area contributed by atoms with Crippen LogP contribution in [0.15, 0.2) is 47.4 Å². The van der Waals surface area contributed by atoms with Gasteiger partial charge in [0.1, 0.15) is 12.4 Å². The monoisotopic (exact) mass is 311 g/mol. The van der Waals surface area contributed by atoms with Gasteiger partial charge in [-0.05, 0) is 30.3 Å². The number of nitrogens with two attached hydrogens (primary N) is 1. The molecule has 0 aliphatic rings. The fraction of sp³-hybridized carbons (Fsp3) is 0.200. The molecule has 1 atom stereocenters. The van der Waals surface area contributed by atoms with E-state index in [9.17, 15) is 13.9 Å². The second kappa shape index (κ2) is 7.28. The van der Waals surface area contributed by atoms with Crippen molar-refractivity contribution in [2.45, 2.75) is 11.0 Å². The number of hydrogen-bond acceptors (Lipinski definition) is 4. The van der Waals surface area contributed by atoms with E-state index in [-0.39, 0.29) is 6.61 Å². The summed E-state index contributed by atoms with van der Waals surface area (Å²) in [6.45, 7) is 0.0974. The van der Waals surface area contributed by atoms with Crippen molar-refractivity contribution in [1.29, 1.82) is 0 Å².